The topological polar surface area (TPSA) is 84.5 Å². The molecular weight excluding hydrogens is 339 g/mol. The average molecular weight is 356 g/mol. The molecule has 0 spiro atoms. The summed E-state index contributed by atoms with van der Waals surface area (Å²) in [5, 5.41) is 4.96. The summed E-state index contributed by atoms with van der Waals surface area (Å²) in [6.07, 6.45) is 0.223. The van der Waals surface area contributed by atoms with Gasteiger partial charge in [0.25, 0.3) is 5.91 Å². The molecule has 7 heteroatoms. The van der Waals surface area contributed by atoms with Crippen molar-refractivity contribution in [3.63, 3.8) is 0 Å². The number of anilines is 2. The summed E-state index contributed by atoms with van der Waals surface area (Å²) in [6, 6.07) is 10.7. The van der Waals surface area contributed by atoms with Gasteiger partial charge >= 0.3 is 5.97 Å². The lowest BCUT2D eigenvalue weighted by atomic mass is 9.89. The maximum Gasteiger partial charge on any atom is 0.339 e. The molecule has 0 bridgehead atoms. The zero-order valence-corrected chi connectivity index (χ0v) is 14.3. The molecule has 1 aliphatic heterocycles. The van der Waals surface area contributed by atoms with Gasteiger partial charge in [-0.3, -0.25) is 9.59 Å². The number of ether oxygens (including phenoxy) is 1. The average Bonchev–Trinajstić information content (AvgIpc) is 2.57. The highest BCUT2D eigenvalue weighted by molar-refractivity contribution is 6.02. The molecule has 0 aromatic heterocycles. The number of carbonyl (C=O) groups excluding carboxylic acids is 3. The summed E-state index contributed by atoms with van der Waals surface area (Å²) < 4.78 is 19.1. The van der Waals surface area contributed by atoms with Crippen LogP contribution in [-0.2, 0) is 20.7 Å². The van der Waals surface area contributed by atoms with Gasteiger partial charge in [-0.15, -0.1) is 0 Å². The van der Waals surface area contributed by atoms with Gasteiger partial charge in [-0.2, -0.15) is 0 Å². The third kappa shape index (κ3) is 3.42. The van der Waals surface area contributed by atoms with E-state index in [4.69, 9.17) is 4.74 Å². The summed E-state index contributed by atoms with van der Waals surface area (Å²) >= 11 is 0. The van der Waals surface area contributed by atoms with E-state index in [0.29, 0.717) is 5.56 Å². The van der Waals surface area contributed by atoms with Crippen LogP contribution in [0.1, 0.15) is 29.8 Å². The number of benzene rings is 2. The standard InChI is InChI=1S/C19H17FN2O4/c1-11(23)21-16-9-13(7-8-15(16)20)22-18(25)19(2)10-12-5-3-4-6-14(12)17(24)26-19/h3-9H,10H2,1-2H3,(H,21,23)(H,22,25). The van der Waals surface area contributed by atoms with E-state index in [1.807, 2.05) is 0 Å². The monoisotopic (exact) mass is 356 g/mol. The molecule has 2 amide bonds. The maximum absolute atomic E-state index is 13.7. The number of hydrogen-bond acceptors (Lipinski definition) is 4. The Morgan fingerprint density at radius 2 is 1.88 bits per heavy atom. The molecule has 2 aromatic rings. The van der Waals surface area contributed by atoms with Crippen molar-refractivity contribution in [2.75, 3.05) is 10.6 Å². The highest BCUT2D eigenvalue weighted by Gasteiger charge is 2.42. The van der Waals surface area contributed by atoms with Gasteiger partial charge in [0.2, 0.25) is 5.91 Å². The number of nitrogens with one attached hydrogen (secondary N) is 2. The van der Waals surface area contributed by atoms with E-state index in [0.717, 1.165) is 11.6 Å². The number of esters is 1. The molecule has 0 saturated heterocycles. The Kier molecular flexibility index (Phi) is 4.46. The first-order chi connectivity index (χ1) is 12.3. The van der Waals surface area contributed by atoms with Gasteiger partial charge in [-0.25, -0.2) is 9.18 Å². The highest BCUT2D eigenvalue weighted by Crippen LogP contribution is 2.29. The van der Waals surface area contributed by atoms with E-state index in [1.165, 1.54) is 26.0 Å². The van der Waals surface area contributed by atoms with Gasteiger partial charge in [0.1, 0.15) is 5.82 Å². The molecule has 1 unspecified atom stereocenters. The molecule has 6 nitrogen and oxygen atoms in total. The molecule has 26 heavy (non-hydrogen) atoms. The third-order valence-corrected chi connectivity index (χ3v) is 4.10. The fourth-order valence-corrected chi connectivity index (χ4v) is 2.81. The van der Waals surface area contributed by atoms with E-state index in [-0.39, 0.29) is 17.8 Å². The number of amides is 2. The minimum absolute atomic E-state index is 0.0496. The summed E-state index contributed by atoms with van der Waals surface area (Å²) in [5.41, 5.74) is -0.0109. The zero-order valence-electron chi connectivity index (χ0n) is 14.3. The van der Waals surface area contributed by atoms with Crippen LogP contribution in [-0.4, -0.2) is 23.4 Å². The Morgan fingerprint density at radius 1 is 1.15 bits per heavy atom. The molecule has 3 rings (SSSR count). The summed E-state index contributed by atoms with van der Waals surface area (Å²) in [7, 11) is 0. The molecule has 0 radical (unpaired) electrons. The molecule has 1 atom stereocenters. The number of cyclic esters (lactones) is 1. The molecule has 2 N–H and O–H groups in total. The SMILES string of the molecule is CC(=O)Nc1cc(NC(=O)C2(C)Cc3ccccc3C(=O)O2)ccc1F. The van der Waals surface area contributed by atoms with Crippen LogP contribution in [0, 0.1) is 5.82 Å². The number of hydrogen-bond donors (Lipinski definition) is 2. The first-order valence-electron chi connectivity index (χ1n) is 7.98. The number of rotatable bonds is 3. The van der Waals surface area contributed by atoms with E-state index in [2.05, 4.69) is 10.6 Å². The summed E-state index contributed by atoms with van der Waals surface area (Å²) in [5.74, 6) is -2.16. The van der Waals surface area contributed by atoms with Gasteiger partial charge in [-0.1, -0.05) is 18.2 Å². The lowest BCUT2D eigenvalue weighted by Crippen LogP contribution is -2.48. The Bertz CT molecular complexity index is 912. The van der Waals surface area contributed by atoms with Crippen LogP contribution >= 0.6 is 0 Å². The van der Waals surface area contributed by atoms with E-state index in [1.54, 1.807) is 24.3 Å². The Morgan fingerprint density at radius 3 is 2.62 bits per heavy atom. The van der Waals surface area contributed by atoms with Crippen LogP contribution in [0.5, 0.6) is 0 Å². The van der Waals surface area contributed by atoms with Gasteiger partial charge in [0, 0.05) is 19.0 Å². The first-order valence-corrected chi connectivity index (χ1v) is 7.98. The largest absolute Gasteiger partial charge is 0.445 e. The minimum Gasteiger partial charge on any atom is -0.445 e. The molecule has 0 aliphatic carbocycles. The van der Waals surface area contributed by atoms with E-state index in [9.17, 15) is 18.8 Å². The van der Waals surface area contributed by atoms with Crippen molar-refractivity contribution < 1.29 is 23.5 Å². The zero-order chi connectivity index (χ0) is 18.9. The molecule has 1 aliphatic rings. The Hall–Kier alpha value is -3.22. The fraction of sp³-hybridized carbons (Fsp3) is 0.211. The van der Waals surface area contributed by atoms with Crippen LogP contribution in [0.2, 0.25) is 0 Å². The Balaban J connectivity index is 1.82. The predicted molar refractivity (Wildman–Crippen MR) is 93.3 cm³/mol. The molecule has 134 valence electrons. The lowest BCUT2D eigenvalue weighted by Gasteiger charge is -2.33. The van der Waals surface area contributed by atoms with Crippen LogP contribution in [0.3, 0.4) is 0 Å². The van der Waals surface area contributed by atoms with E-state index < -0.39 is 29.2 Å². The van der Waals surface area contributed by atoms with Crippen LogP contribution < -0.4 is 10.6 Å². The molecule has 2 aromatic carbocycles. The quantitative estimate of drug-likeness (QED) is 0.828. The minimum atomic E-state index is -1.39. The van der Waals surface area contributed by atoms with Crippen molar-refractivity contribution in [2.45, 2.75) is 25.9 Å². The number of carbonyl (C=O) groups is 3. The molecule has 1 heterocycles. The van der Waals surface area contributed by atoms with Crippen molar-refractivity contribution in [1.82, 2.24) is 0 Å². The van der Waals surface area contributed by atoms with Crippen LogP contribution in [0.15, 0.2) is 42.5 Å². The summed E-state index contributed by atoms with van der Waals surface area (Å²) in [6.45, 7) is 2.78. The Labute approximate surface area is 149 Å². The fourth-order valence-electron chi connectivity index (χ4n) is 2.81. The molecule has 0 saturated carbocycles. The lowest BCUT2D eigenvalue weighted by molar-refractivity contribution is -0.134. The van der Waals surface area contributed by atoms with Crippen LogP contribution in [0.25, 0.3) is 0 Å². The third-order valence-electron chi connectivity index (χ3n) is 4.10. The van der Waals surface area contributed by atoms with E-state index >= 15 is 0 Å². The molecule has 0 fully saturated rings. The summed E-state index contributed by atoms with van der Waals surface area (Å²) in [4.78, 5) is 36.0. The predicted octanol–water partition coefficient (Wildman–Crippen LogP) is 2.89. The second kappa shape index (κ2) is 6.59. The number of halogens is 1. The van der Waals surface area contributed by atoms with Crippen molar-refractivity contribution in [2.24, 2.45) is 0 Å². The second-order valence-electron chi connectivity index (χ2n) is 6.28. The van der Waals surface area contributed by atoms with Crippen molar-refractivity contribution in [3.05, 3.63) is 59.4 Å². The molecular formula is C19H17FN2O4. The van der Waals surface area contributed by atoms with Gasteiger partial charge in [0.05, 0.1) is 11.3 Å². The normalized spacial score (nSPS) is 18.5. The second-order valence-corrected chi connectivity index (χ2v) is 6.28. The van der Waals surface area contributed by atoms with Gasteiger partial charge in [-0.05, 0) is 36.8 Å². The smallest absolute Gasteiger partial charge is 0.339 e. The van der Waals surface area contributed by atoms with Gasteiger partial charge < -0.3 is 15.4 Å². The van der Waals surface area contributed by atoms with Crippen molar-refractivity contribution in [3.8, 4) is 0 Å². The van der Waals surface area contributed by atoms with Crippen LogP contribution in [0.4, 0.5) is 15.8 Å². The number of fused-ring (bicyclic) bond motifs is 1. The van der Waals surface area contributed by atoms with Gasteiger partial charge in [0.15, 0.2) is 5.60 Å². The maximum atomic E-state index is 13.7. The highest BCUT2D eigenvalue weighted by atomic mass is 19.1. The first kappa shape index (κ1) is 17.6. The van der Waals surface area contributed by atoms with Crippen molar-refractivity contribution >= 4 is 29.2 Å². The van der Waals surface area contributed by atoms with Crippen molar-refractivity contribution in [1.29, 1.82) is 0 Å².